The van der Waals surface area contributed by atoms with Crippen molar-refractivity contribution in [2.24, 2.45) is 17.3 Å². The fraction of sp³-hybridized carbons (Fsp3) is 0.600. The largest absolute Gasteiger partial charge is 0.481 e. The molecule has 2 aromatic rings. The van der Waals surface area contributed by atoms with Crippen molar-refractivity contribution >= 4 is 23.9 Å². The molecule has 330 valence electrons. The molecule has 4 N–H and O–H groups in total. The van der Waals surface area contributed by atoms with Crippen molar-refractivity contribution in [1.29, 1.82) is 0 Å². The highest BCUT2D eigenvalue weighted by Gasteiger charge is 2.64. The number of hydrogen-bond donors (Lipinski definition) is 4. The molecule has 2 aliphatic heterocycles. The number of esters is 2. The predicted molar refractivity (Wildman–Crippen MR) is 237 cm³/mol. The lowest BCUT2D eigenvalue weighted by Gasteiger charge is -2.63. The second-order valence-corrected chi connectivity index (χ2v) is 19.9. The first kappa shape index (κ1) is 48.4. The first-order valence-electron chi connectivity index (χ1n) is 21.8. The van der Waals surface area contributed by atoms with Gasteiger partial charge in [-0.2, -0.15) is 0 Å². The standard InChI is InChI=1S/C50H72N2O8/c1-13-41(55)59-32(3)34-24-19-21-26-36(34)43-38(30-46(5,6)51-48(43,9)10)50(45(57)58,29-23-17-15-16-18-28-40(53)54)39-31-47(7,8)52-49(11,12)44(39)37-27-22-20-25-35(37)33(4)60-42(56)14-2/h13-14,19-22,24-27,32-33,38-39,43-44,51-52H,1-2,15-18,23,28-31H2,3-12H3,(H,53,54)(H,57,58). The van der Waals surface area contributed by atoms with E-state index >= 15 is 4.79 Å². The number of nitrogens with one attached hydrogen (secondary N) is 2. The molecule has 6 atom stereocenters. The lowest BCUT2D eigenvalue weighted by atomic mass is 9.46. The lowest BCUT2D eigenvalue weighted by molar-refractivity contribution is -0.170. The number of unbranched alkanes of at least 4 members (excludes halogenated alkanes) is 4. The zero-order valence-electron chi connectivity index (χ0n) is 37.9. The van der Waals surface area contributed by atoms with Crippen LogP contribution < -0.4 is 10.6 Å². The van der Waals surface area contributed by atoms with E-state index in [1.54, 1.807) is 0 Å². The molecule has 6 unspecified atom stereocenters. The van der Waals surface area contributed by atoms with Crippen LogP contribution in [0.3, 0.4) is 0 Å². The maximum atomic E-state index is 15.2. The second kappa shape index (κ2) is 19.2. The van der Waals surface area contributed by atoms with Crippen LogP contribution in [-0.2, 0) is 28.7 Å². The van der Waals surface area contributed by atoms with Gasteiger partial charge in [-0.15, -0.1) is 0 Å². The molecular weight excluding hydrogens is 757 g/mol. The Morgan fingerprint density at radius 3 is 1.45 bits per heavy atom. The Morgan fingerprint density at radius 2 is 1.07 bits per heavy atom. The van der Waals surface area contributed by atoms with Crippen molar-refractivity contribution in [2.45, 2.75) is 173 Å². The number of hydrogen-bond acceptors (Lipinski definition) is 8. The molecule has 2 heterocycles. The summed E-state index contributed by atoms with van der Waals surface area (Å²) < 4.78 is 11.7. The van der Waals surface area contributed by atoms with Gasteiger partial charge in [-0.25, -0.2) is 9.59 Å². The molecule has 4 rings (SSSR count). The molecule has 0 aromatic heterocycles. The highest BCUT2D eigenvalue weighted by Crippen LogP contribution is 2.63. The van der Waals surface area contributed by atoms with Gasteiger partial charge in [-0.1, -0.05) is 87.4 Å². The Morgan fingerprint density at radius 1 is 0.683 bits per heavy atom. The van der Waals surface area contributed by atoms with Crippen molar-refractivity contribution in [3.63, 3.8) is 0 Å². The van der Waals surface area contributed by atoms with Gasteiger partial charge in [0.2, 0.25) is 0 Å². The molecule has 0 radical (unpaired) electrons. The van der Waals surface area contributed by atoms with Gasteiger partial charge in [0.25, 0.3) is 0 Å². The molecule has 0 bridgehead atoms. The molecule has 0 spiro atoms. The maximum absolute atomic E-state index is 15.2. The van der Waals surface area contributed by atoms with E-state index in [2.05, 4.69) is 91.3 Å². The Labute approximate surface area is 359 Å². The summed E-state index contributed by atoms with van der Waals surface area (Å²) in [6.07, 6.45) is 6.20. The smallest absolute Gasteiger partial charge is 0.330 e. The van der Waals surface area contributed by atoms with Gasteiger partial charge in [0, 0.05) is 52.6 Å². The minimum Gasteiger partial charge on any atom is -0.481 e. The third-order valence-corrected chi connectivity index (χ3v) is 13.3. The molecule has 2 fully saturated rings. The van der Waals surface area contributed by atoms with Crippen molar-refractivity contribution in [3.8, 4) is 0 Å². The lowest BCUT2D eigenvalue weighted by Crippen LogP contribution is -2.69. The number of carbonyl (C=O) groups excluding carboxylic acids is 2. The molecule has 0 saturated carbocycles. The van der Waals surface area contributed by atoms with Gasteiger partial charge >= 0.3 is 23.9 Å². The Hall–Kier alpha value is -4.28. The van der Waals surface area contributed by atoms with Crippen LogP contribution >= 0.6 is 0 Å². The number of benzene rings is 2. The molecule has 2 aromatic carbocycles. The molecule has 60 heavy (non-hydrogen) atoms. The number of ether oxygens (including phenoxy) is 2. The minimum absolute atomic E-state index is 0.112. The Kier molecular flexibility index (Phi) is 15.5. The highest BCUT2D eigenvalue weighted by molar-refractivity contribution is 5.82. The number of rotatable bonds is 19. The van der Waals surface area contributed by atoms with Crippen molar-refractivity contribution in [3.05, 3.63) is 96.1 Å². The molecule has 0 aliphatic carbocycles. The van der Waals surface area contributed by atoms with Crippen molar-refractivity contribution < 1.29 is 38.9 Å². The van der Waals surface area contributed by atoms with Crippen LogP contribution in [0, 0.1) is 17.3 Å². The van der Waals surface area contributed by atoms with E-state index in [4.69, 9.17) is 9.47 Å². The maximum Gasteiger partial charge on any atom is 0.330 e. The predicted octanol–water partition coefficient (Wildman–Crippen LogP) is 10.4. The first-order valence-corrected chi connectivity index (χ1v) is 21.8. The monoisotopic (exact) mass is 829 g/mol. The van der Waals surface area contributed by atoms with Gasteiger partial charge in [0.15, 0.2) is 0 Å². The fourth-order valence-corrected chi connectivity index (χ4v) is 11.7. The van der Waals surface area contributed by atoms with E-state index < -0.39 is 75.5 Å². The SMILES string of the molecule is C=CC(=O)OC(C)c1ccccc1C1C(C(CCCCCCCC(=O)O)(C(=O)O)C2CC(C)(C)NC(C)(C)C2c2ccccc2C(C)OC(=O)C=C)CC(C)(C)NC1(C)C. The number of aliphatic carboxylic acids is 2. The van der Waals surface area contributed by atoms with Crippen molar-refractivity contribution in [2.75, 3.05) is 0 Å². The third-order valence-electron chi connectivity index (χ3n) is 13.3. The van der Waals surface area contributed by atoms with E-state index in [0.717, 1.165) is 53.7 Å². The van der Waals surface area contributed by atoms with Gasteiger partial charge in [0.05, 0.1) is 5.41 Å². The number of carbonyl (C=O) groups is 4. The van der Waals surface area contributed by atoms with Crippen LogP contribution in [0.1, 0.15) is 173 Å². The zero-order valence-corrected chi connectivity index (χ0v) is 37.9. The topological polar surface area (TPSA) is 151 Å². The summed E-state index contributed by atoms with van der Waals surface area (Å²) in [6, 6.07) is 15.9. The molecule has 2 saturated heterocycles. The molecule has 0 amide bonds. The normalized spacial score (nSPS) is 24.8. The van der Waals surface area contributed by atoms with Crippen molar-refractivity contribution in [1.82, 2.24) is 10.6 Å². The second-order valence-electron chi connectivity index (χ2n) is 19.9. The number of carboxylic acids is 2. The van der Waals surface area contributed by atoms with E-state index in [9.17, 15) is 24.6 Å². The summed E-state index contributed by atoms with van der Waals surface area (Å²) in [5, 5.41) is 29.6. The summed E-state index contributed by atoms with van der Waals surface area (Å²) in [5.41, 5.74) is 0.0326. The average molecular weight is 829 g/mol. The van der Waals surface area contributed by atoms with Crippen LogP contribution in [0.5, 0.6) is 0 Å². The van der Waals surface area contributed by atoms with Gasteiger partial charge in [0.1, 0.15) is 12.2 Å². The summed E-state index contributed by atoms with van der Waals surface area (Å²) in [7, 11) is 0. The molecule has 2 aliphatic rings. The summed E-state index contributed by atoms with van der Waals surface area (Å²) in [6.45, 7) is 28.2. The van der Waals surface area contributed by atoms with Crippen LogP contribution in [0.4, 0.5) is 0 Å². The summed E-state index contributed by atoms with van der Waals surface area (Å²) in [5.74, 6) is -4.25. The van der Waals surface area contributed by atoms with Crippen LogP contribution in [-0.4, -0.2) is 56.2 Å². The van der Waals surface area contributed by atoms with Gasteiger partial charge in [-0.3, -0.25) is 9.59 Å². The quantitative estimate of drug-likeness (QED) is 0.0612. The summed E-state index contributed by atoms with van der Waals surface area (Å²) >= 11 is 0. The first-order chi connectivity index (χ1) is 27.9. The van der Waals surface area contributed by atoms with Crippen LogP contribution in [0.25, 0.3) is 0 Å². The van der Waals surface area contributed by atoms with E-state index in [1.165, 1.54) is 0 Å². The number of carboxylic acid groups (broad SMARTS) is 2. The molecule has 10 nitrogen and oxygen atoms in total. The Bertz CT molecular complexity index is 1770. The fourth-order valence-electron chi connectivity index (χ4n) is 11.7. The van der Waals surface area contributed by atoms with Gasteiger partial charge in [-0.05, 0) is 129 Å². The van der Waals surface area contributed by atoms with E-state index in [0.29, 0.717) is 32.1 Å². The van der Waals surface area contributed by atoms with Crippen LogP contribution in [0.2, 0.25) is 0 Å². The third kappa shape index (κ3) is 11.0. The Balaban J connectivity index is 2.08. The highest BCUT2D eigenvalue weighted by atomic mass is 16.5. The average Bonchev–Trinajstić information content (AvgIpc) is 3.13. The van der Waals surface area contributed by atoms with Crippen LogP contribution in [0.15, 0.2) is 73.8 Å². The van der Waals surface area contributed by atoms with E-state index in [1.807, 2.05) is 50.2 Å². The van der Waals surface area contributed by atoms with Gasteiger partial charge < -0.3 is 30.3 Å². The zero-order chi connectivity index (χ0) is 44.8. The molecule has 10 heteroatoms. The minimum atomic E-state index is -1.31. The number of piperidine rings is 2. The molecular formula is C50H72N2O8. The van der Waals surface area contributed by atoms with E-state index in [-0.39, 0.29) is 18.3 Å². The summed E-state index contributed by atoms with van der Waals surface area (Å²) in [4.78, 5) is 51.7.